The molecule has 0 bridgehead atoms. The predicted molar refractivity (Wildman–Crippen MR) is 66.0 cm³/mol. The summed E-state index contributed by atoms with van der Waals surface area (Å²) in [6, 6.07) is 0. The number of hydrogen-bond donors (Lipinski definition) is 0. The van der Waals surface area contributed by atoms with Crippen LogP contribution in [0, 0.1) is 16.0 Å². The molecule has 0 unspecified atom stereocenters. The van der Waals surface area contributed by atoms with Crippen LogP contribution in [0.25, 0.3) is 0 Å². The summed E-state index contributed by atoms with van der Waals surface area (Å²) < 4.78 is 1.47. The van der Waals surface area contributed by atoms with Crippen molar-refractivity contribution in [3.63, 3.8) is 0 Å². The monoisotopic (exact) mass is 316 g/mol. The minimum Gasteiger partial charge on any atom is -0.390 e. The molecule has 1 saturated carbocycles. The van der Waals surface area contributed by atoms with E-state index in [1.807, 2.05) is 0 Å². The molecule has 1 heterocycles. The summed E-state index contributed by atoms with van der Waals surface area (Å²) in [7, 11) is 0. The average molecular weight is 317 g/mol. The van der Waals surface area contributed by atoms with Gasteiger partial charge in [-0.25, -0.2) is 0 Å². The molecule has 0 amide bonds. The van der Waals surface area contributed by atoms with Crippen molar-refractivity contribution in [1.29, 1.82) is 0 Å². The van der Waals surface area contributed by atoms with Crippen molar-refractivity contribution < 1.29 is 9.72 Å². The Morgan fingerprint density at radius 3 is 2.67 bits per heavy atom. The number of Topliss-reactive ketones (excluding diaryl/α,β-unsaturated/α-hetero) is 1. The fraction of sp³-hybridized carbons (Fsp3) is 0.700. The van der Waals surface area contributed by atoms with E-state index in [1.165, 1.54) is 11.1 Å². The van der Waals surface area contributed by atoms with Crippen molar-refractivity contribution in [2.45, 2.75) is 38.6 Å². The SMILES string of the molecule is O=C(Cn1nc([N+](=O)[O-])nc1Br)C1CCCCC1. The molecule has 0 aliphatic heterocycles. The van der Waals surface area contributed by atoms with E-state index >= 15 is 0 Å². The van der Waals surface area contributed by atoms with E-state index in [9.17, 15) is 14.9 Å². The third kappa shape index (κ3) is 2.92. The van der Waals surface area contributed by atoms with E-state index in [4.69, 9.17) is 0 Å². The molecule has 1 aromatic heterocycles. The van der Waals surface area contributed by atoms with Crippen molar-refractivity contribution in [3.8, 4) is 0 Å². The number of rotatable bonds is 4. The molecule has 8 heteroatoms. The number of halogens is 1. The highest BCUT2D eigenvalue weighted by Gasteiger charge is 2.26. The Hall–Kier alpha value is -1.31. The minimum atomic E-state index is -0.674. The third-order valence-electron chi connectivity index (χ3n) is 3.14. The zero-order chi connectivity index (χ0) is 13.1. The molecule has 1 aromatic rings. The van der Waals surface area contributed by atoms with E-state index in [0.717, 1.165) is 25.7 Å². The van der Waals surface area contributed by atoms with Crippen LogP contribution in [-0.4, -0.2) is 25.5 Å². The number of hydrogen-bond acceptors (Lipinski definition) is 5. The van der Waals surface area contributed by atoms with Crippen LogP contribution in [0.1, 0.15) is 32.1 Å². The van der Waals surface area contributed by atoms with Crippen molar-refractivity contribution >= 4 is 27.7 Å². The highest BCUT2D eigenvalue weighted by molar-refractivity contribution is 9.10. The Kier molecular flexibility index (Phi) is 4.05. The first-order valence-electron chi connectivity index (χ1n) is 5.85. The predicted octanol–water partition coefficient (Wildman–Crippen LogP) is 2.10. The number of nitrogens with zero attached hydrogens (tertiary/aromatic N) is 4. The van der Waals surface area contributed by atoms with Crippen LogP contribution in [0.4, 0.5) is 5.95 Å². The lowest BCUT2D eigenvalue weighted by molar-refractivity contribution is -0.394. The molecular weight excluding hydrogens is 304 g/mol. The minimum absolute atomic E-state index is 0.0477. The molecular formula is C10H13BrN4O3. The summed E-state index contributed by atoms with van der Waals surface area (Å²) in [4.78, 5) is 25.5. The number of aromatic nitrogens is 3. The number of carbonyl (C=O) groups excluding carboxylic acids is 1. The van der Waals surface area contributed by atoms with Crippen LogP contribution in [-0.2, 0) is 11.3 Å². The maximum Gasteiger partial charge on any atom is 0.492 e. The van der Waals surface area contributed by atoms with Gasteiger partial charge in [0.25, 0.3) is 4.73 Å². The van der Waals surface area contributed by atoms with Gasteiger partial charge in [0.1, 0.15) is 6.54 Å². The molecule has 0 atom stereocenters. The van der Waals surface area contributed by atoms with Crippen LogP contribution in [0.3, 0.4) is 0 Å². The van der Waals surface area contributed by atoms with Crippen LogP contribution < -0.4 is 0 Å². The standard InChI is InChI=1S/C10H13BrN4O3/c11-9-12-10(15(17)18)13-14(9)6-8(16)7-4-2-1-3-5-7/h7H,1-6H2. The smallest absolute Gasteiger partial charge is 0.390 e. The van der Waals surface area contributed by atoms with Gasteiger partial charge in [0.05, 0.1) is 0 Å². The fourth-order valence-electron chi connectivity index (χ4n) is 2.19. The van der Waals surface area contributed by atoms with E-state index in [-0.39, 0.29) is 23.0 Å². The van der Waals surface area contributed by atoms with E-state index < -0.39 is 10.9 Å². The maximum atomic E-state index is 12.0. The summed E-state index contributed by atoms with van der Waals surface area (Å²) in [5.74, 6) is -0.345. The number of carbonyl (C=O) groups is 1. The van der Waals surface area contributed by atoms with Crippen molar-refractivity contribution in [3.05, 3.63) is 14.8 Å². The first-order valence-corrected chi connectivity index (χ1v) is 6.64. The first kappa shape index (κ1) is 13.1. The molecule has 1 fully saturated rings. The van der Waals surface area contributed by atoms with Gasteiger partial charge in [-0.05, 0) is 22.7 Å². The second kappa shape index (κ2) is 5.55. The van der Waals surface area contributed by atoms with Crippen LogP contribution >= 0.6 is 15.9 Å². The quantitative estimate of drug-likeness (QED) is 0.626. The largest absolute Gasteiger partial charge is 0.492 e. The van der Waals surface area contributed by atoms with E-state index in [0.29, 0.717) is 0 Å². The van der Waals surface area contributed by atoms with Crippen LogP contribution in [0.2, 0.25) is 0 Å². The van der Waals surface area contributed by atoms with Crippen LogP contribution in [0.15, 0.2) is 4.73 Å². The molecule has 98 valence electrons. The molecule has 0 spiro atoms. The summed E-state index contributed by atoms with van der Waals surface area (Å²) >= 11 is 3.07. The molecule has 1 aliphatic rings. The normalized spacial score (nSPS) is 16.7. The van der Waals surface area contributed by atoms with Crippen molar-refractivity contribution in [1.82, 2.24) is 14.8 Å². The molecule has 0 aromatic carbocycles. The van der Waals surface area contributed by atoms with Gasteiger partial charge < -0.3 is 10.1 Å². The first-order chi connectivity index (χ1) is 8.58. The average Bonchev–Trinajstić information content (AvgIpc) is 2.72. The third-order valence-corrected chi connectivity index (χ3v) is 3.73. The van der Waals surface area contributed by atoms with Crippen molar-refractivity contribution in [2.24, 2.45) is 5.92 Å². The zero-order valence-electron chi connectivity index (χ0n) is 9.71. The van der Waals surface area contributed by atoms with Gasteiger partial charge in [-0.3, -0.25) is 4.79 Å². The number of ketones is 1. The van der Waals surface area contributed by atoms with Crippen molar-refractivity contribution in [2.75, 3.05) is 0 Å². The Balaban J connectivity index is 2.04. The Morgan fingerprint density at radius 1 is 1.44 bits per heavy atom. The Morgan fingerprint density at radius 2 is 2.11 bits per heavy atom. The molecule has 0 N–H and O–H groups in total. The van der Waals surface area contributed by atoms with Gasteiger partial charge in [0.2, 0.25) is 0 Å². The summed E-state index contributed by atoms with van der Waals surface area (Å²) in [5, 5.41) is 14.2. The maximum absolute atomic E-state index is 12.0. The lowest BCUT2D eigenvalue weighted by Crippen LogP contribution is -2.23. The number of nitro groups is 1. The van der Waals surface area contributed by atoms with Gasteiger partial charge in [-0.2, -0.15) is 4.68 Å². The molecule has 2 rings (SSSR count). The van der Waals surface area contributed by atoms with Gasteiger partial charge >= 0.3 is 5.95 Å². The molecule has 1 aliphatic carbocycles. The van der Waals surface area contributed by atoms with Crippen LogP contribution in [0.5, 0.6) is 0 Å². The summed E-state index contributed by atoms with van der Waals surface area (Å²) in [5.41, 5.74) is 0. The van der Waals surface area contributed by atoms with Gasteiger partial charge in [-0.1, -0.05) is 19.3 Å². The van der Waals surface area contributed by atoms with Gasteiger partial charge in [0, 0.05) is 26.9 Å². The lowest BCUT2D eigenvalue weighted by Gasteiger charge is -2.19. The summed E-state index contributed by atoms with van der Waals surface area (Å²) in [6.45, 7) is 0.0477. The second-order valence-corrected chi connectivity index (χ2v) is 5.11. The second-order valence-electron chi connectivity index (χ2n) is 4.40. The van der Waals surface area contributed by atoms with Gasteiger partial charge in [0.15, 0.2) is 5.78 Å². The molecule has 18 heavy (non-hydrogen) atoms. The highest BCUT2D eigenvalue weighted by atomic mass is 79.9. The topological polar surface area (TPSA) is 90.9 Å². The van der Waals surface area contributed by atoms with E-state index in [1.54, 1.807) is 0 Å². The van der Waals surface area contributed by atoms with Gasteiger partial charge in [-0.15, -0.1) is 0 Å². The molecule has 0 radical (unpaired) electrons. The Bertz CT molecular complexity index is 468. The fourth-order valence-corrected chi connectivity index (χ4v) is 2.55. The Labute approximate surface area is 112 Å². The zero-order valence-corrected chi connectivity index (χ0v) is 11.3. The highest BCUT2D eigenvalue weighted by Crippen LogP contribution is 2.25. The summed E-state index contributed by atoms with van der Waals surface area (Å²) in [6.07, 6.45) is 5.16. The molecule has 0 saturated heterocycles. The lowest BCUT2D eigenvalue weighted by atomic mass is 9.86. The molecule has 7 nitrogen and oxygen atoms in total. The van der Waals surface area contributed by atoms with E-state index in [2.05, 4.69) is 26.0 Å².